The fraction of sp³-hybridized carbons (Fsp3) is 0.467. The Morgan fingerprint density at radius 1 is 1.47 bits per heavy atom. The number of nitriles is 1. The van der Waals surface area contributed by atoms with E-state index >= 15 is 0 Å². The maximum Gasteiger partial charge on any atom is 0.157 e. The summed E-state index contributed by atoms with van der Waals surface area (Å²) >= 11 is 3.35. The first-order valence-electron chi connectivity index (χ1n) is 6.33. The summed E-state index contributed by atoms with van der Waals surface area (Å²) in [5, 5.41) is 9.26. The second-order valence-corrected chi connectivity index (χ2v) is 5.91. The first-order chi connectivity index (χ1) is 9.10. The molecular formula is C15H16BrNO2. The van der Waals surface area contributed by atoms with E-state index in [4.69, 9.17) is 4.74 Å². The summed E-state index contributed by atoms with van der Waals surface area (Å²) < 4.78 is 6.39. The first kappa shape index (κ1) is 14.2. The maximum atomic E-state index is 12.3. The summed E-state index contributed by atoms with van der Waals surface area (Å²) in [6, 6.07) is 9.44. The molecule has 0 aromatic heterocycles. The van der Waals surface area contributed by atoms with Gasteiger partial charge in [-0.05, 0) is 37.0 Å². The number of nitrogens with zero attached hydrogens (tertiary/aromatic N) is 1. The molecule has 1 atom stereocenters. The van der Waals surface area contributed by atoms with E-state index < -0.39 is 5.92 Å². The smallest absolute Gasteiger partial charge is 0.157 e. The number of carbonyl (C=O) groups is 1. The molecule has 19 heavy (non-hydrogen) atoms. The van der Waals surface area contributed by atoms with Crippen molar-refractivity contribution in [2.45, 2.75) is 37.2 Å². The second kappa shape index (κ2) is 5.85. The number of rotatable bonds is 5. The first-order valence-corrected chi connectivity index (χ1v) is 7.12. The molecule has 0 aliphatic heterocycles. The highest BCUT2D eigenvalue weighted by Gasteiger charge is 2.40. The maximum absolute atomic E-state index is 12.3. The highest BCUT2D eigenvalue weighted by atomic mass is 79.9. The van der Waals surface area contributed by atoms with E-state index in [9.17, 15) is 10.1 Å². The van der Waals surface area contributed by atoms with Crippen LogP contribution in [0.4, 0.5) is 0 Å². The number of hydrogen-bond donors (Lipinski definition) is 0. The fourth-order valence-electron chi connectivity index (χ4n) is 2.43. The van der Waals surface area contributed by atoms with Crippen molar-refractivity contribution in [3.63, 3.8) is 0 Å². The number of carbonyl (C=O) groups excluding carboxylic acids is 1. The van der Waals surface area contributed by atoms with Gasteiger partial charge in [0.2, 0.25) is 0 Å². The molecule has 0 spiro atoms. The van der Waals surface area contributed by atoms with E-state index in [0.717, 1.165) is 29.3 Å². The van der Waals surface area contributed by atoms with Crippen molar-refractivity contribution >= 4 is 21.7 Å². The Balaban J connectivity index is 2.11. The van der Waals surface area contributed by atoms with E-state index in [-0.39, 0.29) is 11.4 Å². The van der Waals surface area contributed by atoms with Crippen molar-refractivity contribution < 1.29 is 9.53 Å². The molecule has 100 valence electrons. The van der Waals surface area contributed by atoms with Crippen LogP contribution >= 0.6 is 15.9 Å². The molecule has 4 heteroatoms. The molecule has 0 heterocycles. The number of benzene rings is 1. The molecule has 2 rings (SSSR count). The molecule has 0 radical (unpaired) electrons. The fourth-order valence-corrected chi connectivity index (χ4v) is 2.70. The minimum absolute atomic E-state index is 0.0497. The van der Waals surface area contributed by atoms with Crippen molar-refractivity contribution in [3.05, 3.63) is 34.3 Å². The van der Waals surface area contributed by atoms with Crippen molar-refractivity contribution in [1.82, 2.24) is 0 Å². The largest absolute Gasteiger partial charge is 0.378 e. The van der Waals surface area contributed by atoms with E-state index in [1.54, 1.807) is 7.11 Å². The summed E-state index contributed by atoms with van der Waals surface area (Å²) in [5.74, 6) is -0.743. The molecule has 1 aromatic rings. The van der Waals surface area contributed by atoms with Crippen LogP contribution in [0.2, 0.25) is 0 Å². The highest BCUT2D eigenvalue weighted by Crippen LogP contribution is 2.39. The predicted octanol–water partition coefficient (Wildman–Crippen LogP) is 3.58. The predicted molar refractivity (Wildman–Crippen MR) is 75.7 cm³/mol. The third-order valence-corrected chi connectivity index (χ3v) is 4.38. The van der Waals surface area contributed by atoms with Crippen LogP contribution in [0.15, 0.2) is 28.7 Å². The summed E-state index contributed by atoms with van der Waals surface area (Å²) in [7, 11) is 1.65. The van der Waals surface area contributed by atoms with Gasteiger partial charge in [-0.25, -0.2) is 0 Å². The lowest BCUT2D eigenvalue weighted by atomic mass is 9.74. The molecule has 0 N–H and O–H groups in total. The van der Waals surface area contributed by atoms with Crippen LogP contribution in [0.1, 0.15) is 37.2 Å². The van der Waals surface area contributed by atoms with Gasteiger partial charge in [0, 0.05) is 18.0 Å². The zero-order valence-electron chi connectivity index (χ0n) is 10.9. The highest BCUT2D eigenvalue weighted by molar-refractivity contribution is 9.10. The average Bonchev–Trinajstić information content (AvgIpc) is 2.37. The van der Waals surface area contributed by atoms with Crippen molar-refractivity contribution in [1.29, 1.82) is 5.26 Å². The Morgan fingerprint density at radius 3 is 2.53 bits per heavy atom. The Labute approximate surface area is 121 Å². The standard InChI is InChI=1S/C15H16BrNO2/c1-19-15(7-2-8-15)9-14(18)13(10-17)11-3-5-12(16)6-4-11/h3-6,13H,2,7-9H2,1H3. The van der Waals surface area contributed by atoms with Crippen LogP contribution in [-0.2, 0) is 9.53 Å². The Kier molecular flexibility index (Phi) is 4.38. The zero-order chi connectivity index (χ0) is 13.9. The minimum atomic E-state index is -0.694. The van der Waals surface area contributed by atoms with Crippen LogP contribution in [-0.4, -0.2) is 18.5 Å². The summed E-state index contributed by atoms with van der Waals surface area (Å²) in [5.41, 5.74) is 0.433. The molecule has 1 fully saturated rings. The van der Waals surface area contributed by atoms with Gasteiger partial charge in [0.1, 0.15) is 5.92 Å². The van der Waals surface area contributed by atoms with E-state index in [0.29, 0.717) is 6.42 Å². The lowest BCUT2D eigenvalue weighted by Gasteiger charge is -2.40. The van der Waals surface area contributed by atoms with Crippen LogP contribution in [0, 0.1) is 11.3 Å². The van der Waals surface area contributed by atoms with Crippen molar-refractivity contribution in [2.75, 3.05) is 7.11 Å². The molecule has 1 aromatic carbocycles. The van der Waals surface area contributed by atoms with Crippen LogP contribution in [0.5, 0.6) is 0 Å². The quantitative estimate of drug-likeness (QED) is 0.832. The topological polar surface area (TPSA) is 50.1 Å². The molecule has 0 bridgehead atoms. The number of Topliss-reactive ketones (excluding diaryl/α,β-unsaturated/α-hetero) is 1. The number of ether oxygens (including phenoxy) is 1. The van der Waals surface area contributed by atoms with E-state index in [1.807, 2.05) is 24.3 Å². The lowest BCUT2D eigenvalue weighted by Crippen LogP contribution is -2.42. The molecular weight excluding hydrogens is 306 g/mol. The van der Waals surface area contributed by atoms with Crippen LogP contribution in [0.3, 0.4) is 0 Å². The summed E-state index contributed by atoms with van der Waals surface area (Å²) in [4.78, 5) is 12.3. The Bertz CT molecular complexity index is 494. The zero-order valence-corrected chi connectivity index (χ0v) is 12.4. The van der Waals surface area contributed by atoms with Gasteiger partial charge in [-0.2, -0.15) is 5.26 Å². The van der Waals surface area contributed by atoms with Gasteiger partial charge in [0.05, 0.1) is 11.7 Å². The van der Waals surface area contributed by atoms with E-state index in [2.05, 4.69) is 22.0 Å². The molecule has 1 saturated carbocycles. The van der Waals surface area contributed by atoms with Gasteiger partial charge < -0.3 is 4.74 Å². The van der Waals surface area contributed by atoms with E-state index in [1.165, 1.54) is 0 Å². The molecule has 0 saturated heterocycles. The second-order valence-electron chi connectivity index (χ2n) is 5.00. The molecule has 1 aliphatic carbocycles. The Hall–Kier alpha value is -1.18. The van der Waals surface area contributed by atoms with Gasteiger partial charge in [-0.1, -0.05) is 28.1 Å². The van der Waals surface area contributed by atoms with Gasteiger partial charge in [0.15, 0.2) is 5.78 Å². The number of methoxy groups -OCH3 is 1. The average molecular weight is 322 g/mol. The molecule has 3 nitrogen and oxygen atoms in total. The van der Waals surface area contributed by atoms with Gasteiger partial charge in [-0.3, -0.25) is 4.79 Å². The van der Waals surface area contributed by atoms with Crippen molar-refractivity contribution in [3.8, 4) is 6.07 Å². The monoisotopic (exact) mass is 321 g/mol. The molecule has 0 amide bonds. The number of hydrogen-bond acceptors (Lipinski definition) is 3. The third-order valence-electron chi connectivity index (χ3n) is 3.85. The third kappa shape index (κ3) is 3.05. The normalized spacial score (nSPS) is 18.2. The van der Waals surface area contributed by atoms with Crippen molar-refractivity contribution in [2.24, 2.45) is 0 Å². The SMILES string of the molecule is COC1(CC(=O)C(C#N)c2ccc(Br)cc2)CCC1. The summed E-state index contributed by atoms with van der Waals surface area (Å²) in [6.45, 7) is 0. The summed E-state index contributed by atoms with van der Waals surface area (Å²) in [6.07, 6.45) is 3.25. The minimum Gasteiger partial charge on any atom is -0.378 e. The van der Waals surface area contributed by atoms with Crippen LogP contribution < -0.4 is 0 Å². The van der Waals surface area contributed by atoms with Gasteiger partial charge in [-0.15, -0.1) is 0 Å². The molecule has 1 aliphatic rings. The number of ketones is 1. The lowest BCUT2D eigenvalue weighted by molar-refractivity contribution is -0.132. The molecule has 1 unspecified atom stereocenters. The van der Waals surface area contributed by atoms with Gasteiger partial charge in [0.25, 0.3) is 0 Å². The number of halogens is 1. The Morgan fingerprint density at radius 2 is 2.11 bits per heavy atom. The van der Waals surface area contributed by atoms with Crippen LogP contribution in [0.25, 0.3) is 0 Å². The van der Waals surface area contributed by atoms with Gasteiger partial charge >= 0.3 is 0 Å².